The number of alkyl halides is 2. The smallest absolute Gasteiger partial charge is 0.293 e. The molecule has 86 valence electrons. The molecule has 2 aliphatic carbocycles. The van der Waals surface area contributed by atoms with Crippen LogP contribution in [0.3, 0.4) is 0 Å². The number of fused-ring (bicyclic) bond motifs is 3. The third-order valence-electron chi connectivity index (χ3n) is 3.47. The maximum atomic E-state index is 13.8. The zero-order valence-electron chi connectivity index (χ0n) is 8.92. The molecule has 1 saturated carbocycles. The summed E-state index contributed by atoms with van der Waals surface area (Å²) in [5.74, 6) is -4.00. The Hall–Kier alpha value is -1.46. The minimum Gasteiger partial charge on any atom is -0.354 e. The topological polar surface area (TPSA) is 46.9 Å². The van der Waals surface area contributed by atoms with E-state index in [2.05, 4.69) is 10.4 Å². The monoisotopic (exact) mass is 227 g/mol. The SMILES string of the molecule is CNC(=O)c1nn(C)c2c1C1C[C@H]1C2(F)F. The summed E-state index contributed by atoms with van der Waals surface area (Å²) in [5, 5.41) is 6.33. The van der Waals surface area contributed by atoms with Gasteiger partial charge in [0.15, 0.2) is 5.69 Å². The third-order valence-corrected chi connectivity index (χ3v) is 3.47. The van der Waals surface area contributed by atoms with Gasteiger partial charge in [-0.1, -0.05) is 0 Å². The van der Waals surface area contributed by atoms with Crippen molar-refractivity contribution in [3.8, 4) is 0 Å². The molecule has 0 aromatic carbocycles. The Morgan fingerprint density at radius 3 is 2.94 bits per heavy atom. The van der Waals surface area contributed by atoms with Crippen molar-refractivity contribution in [3.05, 3.63) is 17.0 Å². The van der Waals surface area contributed by atoms with Crippen molar-refractivity contribution >= 4 is 5.91 Å². The van der Waals surface area contributed by atoms with Crippen molar-refractivity contribution in [1.82, 2.24) is 15.1 Å². The molecule has 0 saturated heterocycles. The Bertz CT molecular complexity index is 494. The summed E-state index contributed by atoms with van der Waals surface area (Å²) in [6.45, 7) is 0. The first-order valence-corrected chi connectivity index (χ1v) is 5.15. The van der Waals surface area contributed by atoms with Crippen LogP contribution in [-0.2, 0) is 13.0 Å². The maximum Gasteiger partial charge on any atom is 0.293 e. The summed E-state index contributed by atoms with van der Waals surface area (Å²) in [5.41, 5.74) is 0.536. The summed E-state index contributed by atoms with van der Waals surface area (Å²) >= 11 is 0. The van der Waals surface area contributed by atoms with Crippen LogP contribution in [0.25, 0.3) is 0 Å². The average molecular weight is 227 g/mol. The Labute approximate surface area is 90.6 Å². The van der Waals surface area contributed by atoms with Crippen LogP contribution in [0, 0.1) is 5.92 Å². The van der Waals surface area contributed by atoms with E-state index in [1.54, 1.807) is 0 Å². The second-order valence-electron chi connectivity index (χ2n) is 4.39. The van der Waals surface area contributed by atoms with Gasteiger partial charge in [0.2, 0.25) is 0 Å². The van der Waals surface area contributed by atoms with E-state index in [1.807, 2.05) is 0 Å². The number of hydrogen-bond acceptors (Lipinski definition) is 2. The molecule has 0 bridgehead atoms. The van der Waals surface area contributed by atoms with Gasteiger partial charge in [-0.2, -0.15) is 13.9 Å². The van der Waals surface area contributed by atoms with Gasteiger partial charge in [-0.05, 0) is 12.3 Å². The molecule has 1 heterocycles. The molecule has 16 heavy (non-hydrogen) atoms. The predicted octanol–water partition coefficient (Wildman–Crippen LogP) is 0.989. The first kappa shape index (κ1) is 9.74. The van der Waals surface area contributed by atoms with Crippen LogP contribution in [-0.4, -0.2) is 22.7 Å². The van der Waals surface area contributed by atoms with Crippen LogP contribution >= 0.6 is 0 Å². The number of hydrogen-bond donors (Lipinski definition) is 1. The molecule has 1 aromatic heterocycles. The fourth-order valence-electron chi connectivity index (χ4n) is 2.66. The van der Waals surface area contributed by atoms with Crippen LogP contribution < -0.4 is 5.32 Å². The molecule has 0 aliphatic heterocycles. The van der Waals surface area contributed by atoms with E-state index < -0.39 is 11.8 Å². The Morgan fingerprint density at radius 1 is 1.62 bits per heavy atom. The lowest BCUT2D eigenvalue weighted by molar-refractivity contribution is -0.0301. The van der Waals surface area contributed by atoms with Crippen LogP contribution in [0.1, 0.15) is 34.1 Å². The van der Waals surface area contributed by atoms with Crippen molar-refractivity contribution in [1.29, 1.82) is 0 Å². The molecule has 6 heteroatoms. The van der Waals surface area contributed by atoms with Gasteiger partial charge in [-0.15, -0.1) is 0 Å². The van der Waals surface area contributed by atoms with Gasteiger partial charge in [-0.25, -0.2) is 0 Å². The van der Waals surface area contributed by atoms with E-state index in [9.17, 15) is 13.6 Å². The molecule has 1 N–H and O–H groups in total. The maximum absolute atomic E-state index is 13.8. The number of amides is 1. The second kappa shape index (κ2) is 2.61. The van der Waals surface area contributed by atoms with E-state index in [1.165, 1.54) is 14.1 Å². The zero-order valence-corrected chi connectivity index (χ0v) is 8.92. The molecule has 4 nitrogen and oxygen atoms in total. The van der Waals surface area contributed by atoms with Gasteiger partial charge in [0, 0.05) is 25.6 Å². The fraction of sp³-hybridized carbons (Fsp3) is 0.600. The molecule has 0 spiro atoms. The number of aryl methyl sites for hydroxylation is 1. The first-order chi connectivity index (χ1) is 7.48. The lowest BCUT2D eigenvalue weighted by Gasteiger charge is -2.12. The highest BCUT2D eigenvalue weighted by Gasteiger charge is 2.66. The number of nitrogens with zero attached hydrogens (tertiary/aromatic N) is 2. The summed E-state index contributed by atoms with van der Waals surface area (Å²) < 4.78 is 28.8. The summed E-state index contributed by atoms with van der Waals surface area (Å²) in [7, 11) is 2.94. The molecule has 2 aliphatic rings. The van der Waals surface area contributed by atoms with Gasteiger partial charge in [0.1, 0.15) is 5.69 Å². The zero-order chi connectivity index (χ0) is 11.7. The highest BCUT2D eigenvalue weighted by Crippen LogP contribution is 2.67. The van der Waals surface area contributed by atoms with Crippen LogP contribution in [0.4, 0.5) is 8.78 Å². The highest BCUT2D eigenvalue weighted by molar-refractivity contribution is 5.94. The number of rotatable bonds is 1. The minimum atomic E-state index is -2.83. The van der Waals surface area contributed by atoms with E-state index >= 15 is 0 Å². The average Bonchev–Trinajstić information content (AvgIpc) is 2.90. The van der Waals surface area contributed by atoms with Gasteiger partial charge in [0.05, 0.1) is 0 Å². The minimum absolute atomic E-state index is 0.0765. The number of carbonyl (C=O) groups excluding carboxylic acids is 1. The van der Waals surface area contributed by atoms with E-state index in [0.29, 0.717) is 12.0 Å². The molecule has 3 rings (SSSR count). The van der Waals surface area contributed by atoms with Crippen molar-refractivity contribution < 1.29 is 13.6 Å². The van der Waals surface area contributed by atoms with Crippen LogP contribution in [0.2, 0.25) is 0 Å². The van der Waals surface area contributed by atoms with E-state index in [-0.39, 0.29) is 23.2 Å². The van der Waals surface area contributed by atoms with Gasteiger partial charge in [-0.3, -0.25) is 9.48 Å². The van der Waals surface area contributed by atoms with Crippen molar-refractivity contribution in [2.45, 2.75) is 18.3 Å². The molecule has 1 aromatic rings. The molecule has 1 fully saturated rings. The Morgan fingerprint density at radius 2 is 2.31 bits per heavy atom. The van der Waals surface area contributed by atoms with E-state index in [0.717, 1.165) is 4.68 Å². The van der Waals surface area contributed by atoms with E-state index in [4.69, 9.17) is 0 Å². The highest BCUT2D eigenvalue weighted by atomic mass is 19.3. The number of nitrogens with one attached hydrogen (secondary N) is 1. The normalized spacial score (nSPS) is 28.5. The predicted molar refractivity (Wildman–Crippen MR) is 51.3 cm³/mol. The molecule has 1 unspecified atom stereocenters. The van der Waals surface area contributed by atoms with Crippen molar-refractivity contribution in [3.63, 3.8) is 0 Å². The molecule has 2 atom stereocenters. The summed E-state index contributed by atoms with van der Waals surface area (Å²) in [6.07, 6.45) is 0.468. The quantitative estimate of drug-likeness (QED) is 0.777. The fourth-order valence-corrected chi connectivity index (χ4v) is 2.66. The lowest BCUT2D eigenvalue weighted by atomic mass is 10.1. The van der Waals surface area contributed by atoms with Crippen LogP contribution in [0.5, 0.6) is 0 Å². The van der Waals surface area contributed by atoms with Crippen LogP contribution in [0.15, 0.2) is 0 Å². The van der Waals surface area contributed by atoms with Gasteiger partial charge < -0.3 is 5.32 Å². The molecular formula is C10H11F2N3O. The van der Waals surface area contributed by atoms with Gasteiger partial charge in [0.25, 0.3) is 11.8 Å². The molecule has 0 radical (unpaired) electrons. The molecule has 1 amide bonds. The van der Waals surface area contributed by atoms with Crippen molar-refractivity contribution in [2.24, 2.45) is 13.0 Å². The number of halogens is 2. The summed E-state index contributed by atoms with van der Waals surface area (Å²) in [6, 6.07) is 0. The first-order valence-electron chi connectivity index (χ1n) is 5.15. The number of aromatic nitrogens is 2. The lowest BCUT2D eigenvalue weighted by Crippen LogP contribution is -2.20. The second-order valence-corrected chi connectivity index (χ2v) is 4.39. The Kier molecular flexibility index (Phi) is 1.59. The summed E-state index contributed by atoms with van der Waals surface area (Å²) in [4.78, 5) is 11.5. The Balaban J connectivity index is 2.21. The largest absolute Gasteiger partial charge is 0.354 e. The van der Waals surface area contributed by atoms with Crippen molar-refractivity contribution in [2.75, 3.05) is 7.05 Å². The third kappa shape index (κ3) is 0.923. The molecular weight excluding hydrogens is 216 g/mol. The number of carbonyl (C=O) groups is 1. The standard InChI is InChI=1S/C10H11F2N3O/c1-13-9(16)7-6-4-3-5(4)10(11,12)8(6)15(2)14-7/h4-5H,3H2,1-2H3,(H,13,16)/t4?,5-/m1/s1. The van der Waals surface area contributed by atoms with Gasteiger partial charge >= 0.3 is 0 Å².